The van der Waals surface area contributed by atoms with E-state index in [1.165, 1.54) is 11.1 Å². The van der Waals surface area contributed by atoms with Crippen LogP contribution >= 0.6 is 0 Å². The number of carbonyl (C=O) groups excluding carboxylic acids is 1. The molecule has 1 aromatic heterocycles. The highest BCUT2D eigenvalue weighted by atomic mass is 16.1. The molecular formula is C25H28N4O. The molecule has 5 nitrogen and oxygen atoms in total. The quantitative estimate of drug-likeness (QED) is 0.593. The van der Waals surface area contributed by atoms with Crippen molar-refractivity contribution in [1.82, 2.24) is 9.97 Å². The second kappa shape index (κ2) is 8.66. The standard InChI is InChI=1S/C25H28N4O/c1-3-16(2)25(30)29-24-22(13-9-17-7-5-4-6-8-17)27-23-20-12-11-19(26)15-18(20)10-14-21(23)28-24/h4-8,11-12,15-16H,3,9-10,13-14,26H2,1-2H3,(H,28,29,30). The Morgan fingerprint density at radius 1 is 1.10 bits per heavy atom. The summed E-state index contributed by atoms with van der Waals surface area (Å²) in [5, 5.41) is 3.05. The van der Waals surface area contributed by atoms with Gasteiger partial charge in [-0.15, -0.1) is 0 Å². The minimum absolute atomic E-state index is 0.00306. The SMILES string of the molecule is CCC(C)C(=O)Nc1nc2c(nc1CCc1ccccc1)-c1ccc(N)cc1CC2. The summed E-state index contributed by atoms with van der Waals surface area (Å²) in [6.45, 7) is 3.95. The molecule has 0 radical (unpaired) electrons. The third-order valence-corrected chi connectivity index (χ3v) is 5.85. The molecular weight excluding hydrogens is 372 g/mol. The zero-order valence-electron chi connectivity index (χ0n) is 17.6. The summed E-state index contributed by atoms with van der Waals surface area (Å²) >= 11 is 0. The lowest BCUT2D eigenvalue weighted by atomic mass is 9.91. The first-order valence-electron chi connectivity index (χ1n) is 10.7. The normalized spacial score (nSPS) is 13.3. The number of nitrogens with two attached hydrogens (primary N) is 1. The Kier molecular flexibility index (Phi) is 5.79. The van der Waals surface area contributed by atoms with Crippen LogP contribution in [0.2, 0.25) is 0 Å². The number of carbonyl (C=O) groups is 1. The fourth-order valence-corrected chi connectivity index (χ4v) is 3.81. The van der Waals surface area contributed by atoms with Crippen molar-refractivity contribution in [2.75, 3.05) is 11.1 Å². The van der Waals surface area contributed by atoms with E-state index >= 15 is 0 Å². The number of fused-ring (bicyclic) bond motifs is 3. The van der Waals surface area contributed by atoms with E-state index in [0.717, 1.165) is 54.0 Å². The zero-order chi connectivity index (χ0) is 21.1. The zero-order valence-corrected chi connectivity index (χ0v) is 17.6. The molecule has 0 spiro atoms. The number of hydrogen-bond donors (Lipinski definition) is 2. The molecule has 30 heavy (non-hydrogen) atoms. The number of aryl methyl sites for hydroxylation is 4. The average molecular weight is 401 g/mol. The molecule has 3 N–H and O–H groups in total. The molecule has 154 valence electrons. The number of rotatable bonds is 6. The van der Waals surface area contributed by atoms with Crippen molar-refractivity contribution in [2.45, 2.75) is 46.0 Å². The number of aromatic nitrogens is 2. The molecule has 0 aliphatic heterocycles. The molecule has 1 amide bonds. The summed E-state index contributed by atoms with van der Waals surface area (Å²) in [6, 6.07) is 16.3. The van der Waals surface area contributed by atoms with E-state index in [9.17, 15) is 4.79 Å². The summed E-state index contributed by atoms with van der Waals surface area (Å²) in [4.78, 5) is 22.5. The van der Waals surface area contributed by atoms with Crippen molar-refractivity contribution in [1.29, 1.82) is 0 Å². The van der Waals surface area contributed by atoms with Gasteiger partial charge >= 0.3 is 0 Å². The first kappa shape index (κ1) is 20.1. The Labute approximate surface area is 177 Å². The first-order chi connectivity index (χ1) is 14.5. The van der Waals surface area contributed by atoms with Crippen molar-refractivity contribution in [2.24, 2.45) is 5.92 Å². The van der Waals surface area contributed by atoms with E-state index in [0.29, 0.717) is 12.2 Å². The predicted octanol–water partition coefficient (Wildman–Crippen LogP) is 4.59. The molecule has 0 saturated heterocycles. The Bertz CT molecular complexity index is 1060. The lowest BCUT2D eigenvalue weighted by Gasteiger charge is -2.22. The van der Waals surface area contributed by atoms with Gasteiger partial charge in [0.1, 0.15) is 0 Å². The highest BCUT2D eigenvalue weighted by Crippen LogP contribution is 2.34. The van der Waals surface area contributed by atoms with Crippen molar-refractivity contribution in [3.8, 4) is 11.3 Å². The van der Waals surface area contributed by atoms with E-state index in [1.54, 1.807) is 0 Å². The van der Waals surface area contributed by atoms with E-state index in [-0.39, 0.29) is 11.8 Å². The number of anilines is 2. The molecule has 0 saturated carbocycles. The number of nitrogens with zero attached hydrogens (tertiary/aromatic N) is 2. The second-order valence-corrected chi connectivity index (χ2v) is 8.01. The lowest BCUT2D eigenvalue weighted by molar-refractivity contribution is -0.119. The van der Waals surface area contributed by atoms with Gasteiger partial charge in [0.2, 0.25) is 5.91 Å². The van der Waals surface area contributed by atoms with E-state index in [4.69, 9.17) is 15.7 Å². The number of nitrogens with one attached hydrogen (secondary N) is 1. The van der Waals surface area contributed by atoms with Gasteiger partial charge in [-0.3, -0.25) is 4.79 Å². The molecule has 0 bridgehead atoms. The maximum absolute atomic E-state index is 12.6. The lowest BCUT2D eigenvalue weighted by Crippen LogP contribution is -2.23. The van der Waals surface area contributed by atoms with Crippen LogP contribution in [0.3, 0.4) is 0 Å². The van der Waals surface area contributed by atoms with Gasteiger partial charge in [-0.05, 0) is 55.4 Å². The summed E-state index contributed by atoms with van der Waals surface area (Å²) in [7, 11) is 0. The van der Waals surface area contributed by atoms with Crippen LogP contribution in [0.5, 0.6) is 0 Å². The summed E-state index contributed by atoms with van der Waals surface area (Å²) in [5.41, 5.74) is 13.0. The van der Waals surface area contributed by atoms with E-state index in [2.05, 4.69) is 17.4 Å². The maximum atomic E-state index is 12.6. The molecule has 4 rings (SSSR count). The van der Waals surface area contributed by atoms with Crippen LogP contribution in [0.4, 0.5) is 11.5 Å². The topological polar surface area (TPSA) is 80.9 Å². The third-order valence-electron chi connectivity index (χ3n) is 5.85. The Balaban J connectivity index is 1.71. The second-order valence-electron chi connectivity index (χ2n) is 8.01. The van der Waals surface area contributed by atoms with Gasteiger partial charge in [0, 0.05) is 17.2 Å². The van der Waals surface area contributed by atoms with Gasteiger partial charge in [-0.25, -0.2) is 9.97 Å². The van der Waals surface area contributed by atoms with Crippen LogP contribution in [0.25, 0.3) is 11.3 Å². The maximum Gasteiger partial charge on any atom is 0.228 e. The van der Waals surface area contributed by atoms with Crippen LogP contribution in [0.1, 0.15) is 42.8 Å². The minimum atomic E-state index is -0.0616. The monoisotopic (exact) mass is 400 g/mol. The molecule has 1 aliphatic carbocycles. The van der Waals surface area contributed by atoms with Gasteiger partial charge in [0.15, 0.2) is 5.82 Å². The highest BCUT2D eigenvalue weighted by molar-refractivity contribution is 5.92. The molecule has 3 aromatic rings. The van der Waals surface area contributed by atoms with Gasteiger partial charge in [-0.1, -0.05) is 50.2 Å². The van der Waals surface area contributed by atoms with Crippen LogP contribution in [0, 0.1) is 5.92 Å². The largest absolute Gasteiger partial charge is 0.399 e. The fraction of sp³-hybridized carbons (Fsp3) is 0.320. The molecule has 1 aliphatic rings. The Morgan fingerprint density at radius 2 is 1.90 bits per heavy atom. The van der Waals surface area contributed by atoms with Crippen molar-refractivity contribution < 1.29 is 4.79 Å². The molecule has 5 heteroatoms. The van der Waals surface area contributed by atoms with E-state index < -0.39 is 0 Å². The van der Waals surface area contributed by atoms with Crippen molar-refractivity contribution in [3.05, 3.63) is 71.0 Å². The van der Waals surface area contributed by atoms with Gasteiger partial charge < -0.3 is 11.1 Å². The van der Waals surface area contributed by atoms with Crippen LogP contribution in [-0.2, 0) is 30.5 Å². The molecule has 1 atom stereocenters. The third kappa shape index (κ3) is 4.20. The highest BCUT2D eigenvalue weighted by Gasteiger charge is 2.23. The number of benzene rings is 2. The summed E-state index contributed by atoms with van der Waals surface area (Å²) in [5.74, 6) is 0.541. The molecule has 1 heterocycles. The van der Waals surface area contributed by atoms with Crippen molar-refractivity contribution >= 4 is 17.4 Å². The van der Waals surface area contributed by atoms with Crippen LogP contribution in [0.15, 0.2) is 48.5 Å². The predicted molar refractivity (Wildman–Crippen MR) is 121 cm³/mol. The number of amides is 1. The first-order valence-corrected chi connectivity index (χ1v) is 10.7. The van der Waals surface area contributed by atoms with Gasteiger partial charge in [-0.2, -0.15) is 0 Å². The molecule has 1 unspecified atom stereocenters. The average Bonchev–Trinajstić information content (AvgIpc) is 2.77. The van der Waals surface area contributed by atoms with Crippen LogP contribution in [-0.4, -0.2) is 15.9 Å². The molecule has 2 aromatic carbocycles. The Hall–Kier alpha value is -3.21. The fourth-order valence-electron chi connectivity index (χ4n) is 3.81. The number of nitrogen functional groups attached to an aromatic ring is 1. The van der Waals surface area contributed by atoms with Gasteiger partial charge in [0.05, 0.1) is 17.1 Å². The van der Waals surface area contributed by atoms with E-state index in [1.807, 2.05) is 50.2 Å². The van der Waals surface area contributed by atoms with Crippen LogP contribution < -0.4 is 11.1 Å². The smallest absolute Gasteiger partial charge is 0.228 e. The van der Waals surface area contributed by atoms with Gasteiger partial charge in [0.25, 0.3) is 0 Å². The minimum Gasteiger partial charge on any atom is -0.399 e. The Morgan fingerprint density at radius 3 is 2.67 bits per heavy atom. The summed E-state index contributed by atoms with van der Waals surface area (Å²) in [6.07, 6.45) is 4.02. The number of hydrogen-bond acceptors (Lipinski definition) is 4. The summed E-state index contributed by atoms with van der Waals surface area (Å²) < 4.78 is 0. The molecule has 0 fully saturated rings. The van der Waals surface area contributed by atoms with Crippen molar-refractivity contribution in [3.63, 3.8) is 0 Å².